The molecule has 2 heterocycles. The number of aryl methyl sites for hydroxylation is 1. The summed E-state index contributed by atoms with van der Waals surface area (Å²) in [4.78, 5) is 23.9. The van der Waals surface area contributed by atoms with Crippen molar-refractivity contribution < 1.29 is 18.7 Å². The van der Waals surface area contributed by atoms with Crippen molar-refractivity contribution in [1.29, 1.82) is 0 Å². The third-order valence-corrected chi connectivity index (χ3v) is 4.39. The number of ether oxygens (including phenoxy) is 1. The van der Waals surface area contributed by atoms with Gasteiger partial charge in [0.1, 0.15) is 18.2 Å². The SMILES string of the molecule is CCOC(=O)Cn1nc(C)c2c1NC(=O)C[C@@H]2c1ccc(F)c(Cl)c1. The van der Waals surface area contributed by atoms with E-state index in [1.807, 2.05) is 0 Å². The number of esters is 1. The summed E-state index contributed by atoms with van der Waals surface area (Å²) in [5.41, 5.74) is 2.21. The number of carbonyl (C=O) groups is 2. The Morgan fingerprint density at radius 3 is 2.96 bits per heavy atom. The van der Waals surface area contributed by atoms with E-state index in [9.17, 15) is 14.0 Å². The molecule has 0 saturated heterocycles. The van der Waals surface area contributed by atoms with E-state index in [1.165, 1.54) is 16.8 Å². The van der Waals surface area contributed by atoms with Crippen molar-refractivity contribution in [2.24, 2.45) is 0 Å². The second-order valence-corrected chi connectivity index (χ2v) is 6.20. The number of amides is 1. The highest BCUT2D eigenvalue weighted by Crippen LogP contribution is 2.40. The summed E-state index contributed by atoms with van der Waals surface area (Å²) in [6.07, 6.45) is 0.195. The van der Waals surface area contributed by atoms with Crippen molar-refractivity contribution in [3.05, 3.63) is 45.9 Å². The number of rotatable bonds is 4. The zero-order valence-electron chi connectivity index (χ0n) is 13.8. The van der Waals surface area contributed by atoms with Gasteiger partial charge in [-0.15, -0.1) is 0 Å². The minimum Gasteiger partial charge on any atom is -0.465 e. The zero-order chi connectivity index (χ0) is 18.1. The predicted octanol–water partition coefficient (Wildman–Crippen LogP) is 3.02. The maximum Gasteiger partial charge on any atom is 0.327 e. The first kappa shape index (κ1) is 17.4. The highest BCUT2D eigenvalue weighted by molar-refractivity contribution is 6.30. The number of nitrogens with zero attached hydrogens (tertiary/aromatic N) is 2. The van der Waals surface area contributed by atoms with Crippen molar-refractivity contribution in [2.75, 3.05) is 11.9 Å². The molecule has 0 unspecified atom stereocenters. The highest BCUT2D eigenvalue weighted by atomic mass is 35.5. The Kier molecular flexibility index (Phi) is 4.76. The van der Waals surface area contributed by atoms with Crippen LogP contribution in [0.3, 0.4) is 0 Å². The van der Waals surface area contributed by atoms with Gasteiger partial charge in [-0.1, -0.05) is 17.7 Å². The van der Waals surface area contributed by atoms with Crippen molar-refractivity contribution in [3.63, 3.8) is 0 Å². The Labute approximate surface area is 148 Å². The molecule has 1 aliphatic rings. The molecular weight excluding hydrogens is 349 g/mol. The third kappa shape index (κ3) is 3.37. The van der Waals surface area contributed by atoms with Gasteiger partial charge in [-0.3, -0.25) is 9.59 Å². The molecule has 0 fully saturated rings. The molecule has 1 aromatic heterocycles. The van der Waals surface area contributed by atoms with Crippen molar-refractivity contribution in [3.8, 4) is 0 Å². The number of benzene rings is 1. The van der Waals surface area contributed by atoms with Crippen LogP contribution in [0.4, 0.5) is 10.2 Å². The number of anilines is 1. The number of fused-ring (bicyclic) bond motifs is 1. The standard InChI is InChI=1S/C17H17ClFN3O3/c1-3-25-15(24)8-22-17-16(9(2)21-22)11(7-14(23)20-17)10-4-5-13(19)12(18)6-10/h4-6,11H,3,7-8H2,1-2H3,(H,20,23)/t11-/m1/s1. The van der Waals surface area contributed by atoms with E-state index in [-0.39, 0.29) is 36.4 Å². The first-order valence-electron chi connectivity index (χ1n) is 7.88. The predicted molar refractivity (Wildman–Crippen MR) is 90.1 cm³/mol. The molecule has 1 atom stereocenters. The average molecular weight is 366 g/mol. The Hall–Kier alpha value is -2.41. The van der Waals surface area contributed by atoms with E-state index >= 15 is 0 Å². The van der Waals surface area contributed by atoms with Crippen LogP contribution in [-0.4, -0.2) is 28.3 Å². The van der Waals surface area contributed by atoms with Crippen LogP contribution in [-0.2, 0) is 20.9 Å². The molecule has 25 heavy (non-hydrogen) atoms. The molecule has 8 heteroatoms. The van der Waals surface area contributed by atoms with E-state index in [1.54, 1.807) is 19.9 Å². The van der Waals surface area contributed by atoms with Crippen molar-refractivity contribution in [1.82, 2.24) is 9.78 Å². The Morgan fingerprint density at radius 2 is 2.28 bits per heavy atom. The van der Waals surface area contributed by atoms with Crippen LogP contribution in [0.1, 0.15) is 36.1 Å². The van der Waals surface area contributed by atoms with E-state index in [4.69, 9.17) is 16.3 Å². The van der Waals surface area contributed by atoms with Crippen molar-refractivity contribution in [2.45, 2.75) is 32.7 Å². The number of carbonyl (C=O) groups excluding carboxylic acids is 2. The fourth-order valence-corrected chi connectivity index (χ4v) is 3.26. The molecule has 1 aliphatic heterocycles. The summed E-state index contributed by atoms with van der Waals surface area (Å²) in [6, 6.07) is 4.41. The van der Waals surface area contributed by atoms with E-state index < -0.39 is 11.8 Å². The van der Waals surface area contributed by atoms with Gasteiger partial charge in [0, 0.05) is 17.9 Å². The molecule has 0 bridgehead atoms. The summed E-state index contributed by atoms with van der Waals surface area (Å²) in [5, 5.41) is 7.13. The molecule has 1 amide bonds. The van der Waals surface area contributed by atoms with Gasteiger partial charge in [-0.25, -0.2) is 9.07 Å². The maximum atomic E-state index is 13.5. The largest absolute Gasteiger partial charge is 0.465 e. The number of nitrogens with one attached hydrogen (secondary N) is 1. The number of hydrogen-bond donors (Lipinski definition) is 1. The minimum absolute atomic E-state index is 0.00148. The molecule has 0 radical (unpaired) electrons. The minimum atomic E-state index is -0.513. The lowest BCUT2D eigenvalue weighted by molar-refractivity contribution is -0.144. The number of halogens is 2. The first-order chi connectivity index (χ1) is 11.9. The lowest BCUT2D eigenvalue weighted by Gasteiger charge is -2.24. The van der Waals surface area contributed by atoms with E-state index in [0.29, 0.717) is 11.5 Å². The number of hydrogen-bond acceptors (Lipinski definition) is 4. The molecule has 0 aliphatic carbocycles. The summed E-state index contributed by atoms with van der Waals surface area (Å²) in [6.45, 7) is 3.69. The second-order valence-electron chi connectivity index (χ2n) is 5.79. The van der Waals surface area contributed by atoms with Gasteiger partial charge in [0.2, 0.25) is 5.91 Å². The van der Waals surface area contributed by atoms with Crippen LogP contribution >= 0.6 is 11.6 Å². The molecule has 1 N–H and O–H groups in total. The van der Waals surface area contributed by atoms with Crippen LogP contribution in [0, 0.1) is 12.7 Å². The average Bonchev–Trinajstić information content (AvgIpc) is 2.85. The zero-order valence-corrected chi connectivity index (χ0v) is 14.6. The molecular formula is C17H17ClFN3O3. The van der Waals surface area contributed by atoms with Crippen LogP contribution < -0.4 is 5.32 Å². The van der Waals surface area contributed by atoms with E-state index in [2.05, 4.69) is 10.4 Å². The molecule has 0 saturated carbocycles. The summed E-state index contributed by atoms with van der Waals surface area (Å²) >= 11 is 5.89. The Bertz CT molecular complexity index is 850. The van der Waals surface area contributed by atoms with Gasteiger partial charge in [0.05, 0.1) is 17.3 Å². The smallest absolute Gasteiger partial charge is 0.327 e. The second kappa shape index (κ2) is 6.84. The molecule has 2 aromatic rings. The van der Waals surface area contributed by atoms with Crippen LogP contribution in [0.15, 0.2) is 18.2 Å². The van der Waals surface area contributed by atoms with Gasteiger partial charge >= 0.3 is 5.97 Å². The molecule has 0 spiro atoms. The van der Waals surface area contributed by atoms with Gasteiger partial charge in [-0.05, 0) is 31.5 Å². The first-order valence-corrected chi connectivity index (χ1v) is 8.26. The van der Waals surface area contributed by atoms with Crippen LogP contribution in [0.25, 0.3) is 0 Å². The monoisotopic (exact) mass is 365 g/mol. The normalized spacial score (nSPS) is 16.3. The Morgan fingerprint density at radius 1 is 1.52 bits per heavy atom. The fraction of sp³-hybridized carbons (Fsp3) is 0.353. The summed E-state index contributed by atoms with van der Waals surface area (Å²) in [7, 11) is 0. The van der Waals surface area contributed by atoms with Gasteiger partial charge in [0.25, 0.3) is 0 Å². The van der Waals surface area contributed by atoms with Gasteiger partial charge in [-0.2, -0.15) is 5.10 Å². The van der Waals surface area contributed by atoms with E-state index in [0.717, 1.165) is 11.1 Å². The molecule has 132 valence electrons. The van der Waals surface area contributed by atoms with Gasteiger partial charge in [0.15, 0.2) is 0 Å². The highest BCUT2D eigenvalue weighted by Gasteiger charge is 2.33. The lowest BCUT2D eigenvalue weighted by Crippen LogP contribution is -2.26. The fourth-order valence-electron chi connectivity index (χ4n) is 3.07. The topological polar surface area (TPSA) is 73.2 Å². The molecule has 1 aromatic carbocycles. The van der Waals surface area contributed by atoms with Crippen molar-refractivity contribution >= 4 is 29.3 Å². The number of aromatic nitrogens is 2. The maximum absolute atomic E-state index is 13.5. The quantitative estimate of drug-likeness (QED) is 0.845. The third-order valence-electron chi connectivity index (χ3n) is 4.10. The van der Waals surface area contributed by atoms with Gasteiger partial charge < -0.3 is 10.1 Å². The lowest BCUT2D eigenvalue weighted by atomic mass is 9.86. The Balaban J connectivity index is 2.03. The molecule has 3 rings (SSSR count). The van der Waals surface area contributed by atoms with Crippen LogP contribution in [0.2, 0.25) is 5.02 Å². The summed E-state index contributed by atoms with van der Waals surface area (Å²) in [5.74, 6) is -0.998. The summed E-state index contributed by atoms with van der Waals surface area (Å²) < 4.78 is 19.8. The van der Waals surface area contributed by atoms with Crippen LogP contribution in [0.5, 0.6) is 0 Å². The molecule has 6 nitrogen and oxygen atoms in total.